The smallest absolute Gasteiger partial charge is 0.159 e. The molecule has 0 aliphatic heterocycles. The van der Waals surface area contributed by atoms with Crippen LogP contribution in [0.15, 0.2) is 66.6 Å². The molecular formula is C32H32ClN5O3. The number of benzene rings is 2. The van der Waals surface area contributed by atoms with Crippen molar-refractivity contribution in [2.75, 3.05) is 32.4 Å². The lowest BCUT2D eigenvalue weighted by atomic mass is 10.0. The standard InChI is InChI=1S/C32H32ClN5O3/c1-5-40-31-17-29-27(15-22(31)14-26(39)10-7-13-38(3)4)32(23(18-34)19-35-29)37-24-11-12-30(28(33)16-24)41-20-25-9-6-8-21(2)36-25/h6-12,15-17,19H,5,13-14,20H2,1-4H3,(H,35,37)/b10-7+/i3D3,5D2,6D,8D,9D,10D,11D,12D,15D,16D,17D,19D,20D2. The second kappa shape index (κ2) is 13.8. The maximum Gasteiger partial charge on any atom is 0.159 e. The van der Waals surface area contributed by atoms with Crippen molar-refractivity contribution in [3.05, 3.63) is 94.2 Å². The van der Waals surface area contributed by atoms with Crippen LogP contribution in [0.25, 0.3) is 10.9 Å². The third kappa shape index (κ3) is 7.82. The number of fused-ring (bicyclic) bond motifs is 1. The molecule has 2 aromatic carbocycles. The minimum absolute atomic E-state index is 0.117. The van der Waals surface area contributed by atoms with Gasteiger partial charge in [-0.3, -0.25) is 14.8 Å². The van der Waals surface area contributed by atoms with Crippen LogP contribution >= 0.6 is 11.6 Å². The molecule has 0 atom stereocenters. The molecule has 41 heavy (non-hydrogen) atoms. The van der Waals surface area contributed by atoms with E-state index < -0.39 is 148 Å². The molecule has 0 aliphatic carbocycles. The van der Waals surface area contributed by atoms with E-state index in [1.807, 2.05) is 0 Å². The van der Waals surface area contributed by atoms with Gasteiger partial charge in [-0.15, -0.1) is 0 Å². The molecule has 0 saturated heterocycles. The molecule has 2 aromatic heterocycles. The molecule has 0 spiro atoms. The Morgan fingerprint density at radius 2 is 2.15 bits per heavy atom. The first kappa shape index (κ1) is 14.4. The maximum absolute atomic E-state index is 13.3. The van der Waals surface area contributed by atoms with E-state index in [1.165, 1.54) is 14.0 Å². The van der Waals surface area contributed by atoms with Gasteiger partial charge in [0.25, 0.3) is 0 Å². The Morgan fingerprint density at radius 1 is 1.29 bits per heavy atom. The number of ketones is 1. The number of aromatic nitrogens is 2. The number of likely N-dealkylation sites (N-methyl/N-ethyl adjacent to an activating group) is 1. The number of nitrogens with zero attached hydrogens (tertiary/aromatic N) is 4. The minimum atomic E-state index is -3.10. The van der Waals surface area contributed by atoms with E-state index in [2.05, 4.69) is 15.3 Å². The van der Waals surface area contributed by atoms with Gasteiger partial charge in [0.15, 0.2) is 5.78 Å². The van der Waals surface area contributed by atoms with Crippen LogP contribution in [0, 0.1) is 18.3 Å². The number of nitrogens with one attached hydrogen (secondary N) is 1. The number of nitriles is 1. The van der Waals surface area contributed by atoms with Crippen LogP contribution in [-0.2, 0) is 17.8 Å². The SMILES string of the molecule is [2H]/C(=C\CN(C)C([2H])([2H])[2H])C(=O)Cc1c(OC([2H])([2H])C)c([2H])c2nc([2H])c(C#N)c(Nc3c([2H])c([2H])c(OC([2H])([2H])c4nc(C)c([2H])c([2H])c4[2H])c(Cl)c3[2H])c2c1[2H]. The highest BCUT2D eigenvalue weighted by molar-refractivity contribution is 6.32. The van der Waals surface area contributed by atoms with Crippen molar-refractivity contribution in [2.45, 2.75) is 26.8 Å². The number of rotatable bonds is 12. The van der Waals surface area contributed by atoms with Gasteiger partial charge in [-0.2, -0.15) is 5.26 Å². The quantitative estimate of drug-likeness (QED) is 0.190. The van der Waals surface area contributed by atoms with Crippen molar-refractivity contribution in [2.24, 2.45) is 0 Å². The Balaban J connectivity index is 1.95. The summed E-state index contributed by atoms with van der Waals surface area (Å²) in [6.45, 7) is -6.29. The molecular weight excluding hydrogens is 538 g/mol. The van der Waals surface area contributed by atoms with Crippen molar-refractivity contribution >= 4 is 39.7 Å². The van der Waals surface area contributed by atoms with Crippen molar-refractivity contribution in [1.29, 1.82) is 5.26 Å². The highest BCUT2D eigenvalue weighted by atomic mass is 35.5. The highest BCUT2D eigenvalue weighted by Gasteiger charge is 2.16. The molecule has 8 nitrogen and oxygen atoms in total. The molecule has 4 rings (SSSR count). The number of hydrogen-bond donors (Lipinski definition) is 1. The molecule has 0 bridgehead atoms. The Hall–Kier alpha value is -4.45. The first-order chi connectivity index (χ1) is 26.5. The van der Waals surface area contributed by atoms with Crippen molar-refractivity contribution in [3.8, 4) is 17.6 Å². The predicted molar refractivity (Wildman–Crippen MR) is 162 cm³/mol. The number of anilines is 2. The molecule has 210 valence electrons. The number of halogens is 1. The molecule has 0 fully saturated rings. The molecule has 0 amide bonds. The molecule has 0 radical (unpaired) electrons. The summed E-state index contributed by atoms with van der Waals surface area (Å²) < 4.78 is 151. The molecule has 0 aliphatic rings. The van der Waals surface area contributed by atoms with Crippen molar-refractivity contribution < 1.29 is 37.6 Å². The second-order valence-electron chi connectivity index (χ2n) is 8.14. The largest absolute Gasteiger partial charge is 0.494 e. The van der Waals surface area contributed by atoms with Gasteiger partial charge in [0.05, 0.1) is 53.2 Å². The van der Waals surface area contributed by atoms with E-state index in [1.54, 1.807) is 6.07 Å². The summed E-state index contributed by atoms with van der Waals surface area (Å²) in [5, 5.41) is 11.4. The number of pyridine rings is 2. The number of hydrogen-bond acceptors (Lipinski definition) is 8. The summed E-state index contributed by atoms with van der Waals surface area (Å²) >= 11 is 6.42. The van der Waals surface area contributed by atoms with Gasteiger partial charge in [-0.1, -0.05) is 23.7 Å². The van der Waals surface area contributed by atoms with Gasteiger partial charge in [-0.05, 0) is 70.2 Å². The second-order valence-corrected chi connectivity index (χ2v) is 8.52. The topological polar surface area (TPSA) is 100 Å². The van der Waals surface area contributed by atoms with Gasteiger partial charge in [-0.25, -0.2) is 0 Å². The molecule has 0 saturated carbocycles. The fourth-order valence-corrected chi connectivity index (χ4v) is 3.46. The van der Waals surface area contributed by atoms with Crippen LogP contribution in [0.4, 0.5) is 11.4 Å². The fraction of sp³-hybridized carbons (Fsp3) is 0.250. The number of carbonyl (C=O) groups excluding carboxylic acids is 1. The Morgan fingerprint density at radius 3 is 2.93 bits per heavy atom. The Labute approximate surface area is 269 Å². The first-order valence-electron chi connectivity index (χ1n) is 20.2. The average molecular weight is 587 g/mol. The Bertz CT molecular complexity index is 2400. The van der Waals surface area contributed by atoms with Crippen LogP contribution in [0.3, 0.4) is 0 Å². The third-order valence-corrected chi connectivity index (χ3v) is 5.28. The van der Waals surface area contributed by atoms with Crippen LogP contribution in [-0.4, -0.2) is 47.8 Å². The zero-order valence-electron chi connectivity index (χ0n) is 38.9. The number of allylic oxidation sites excluding steroid dienone is 1. The maximum atomic E-state index is 13.3. The minimum Gasteiger partial charge on any atom is -0.494 e. The summed E-state index contributed by atoms with van der Waals surface area (Å²) in [6.07, 6.45) is -0.710. The lowest BCUT2D eigenvalue weighted by Gasteiger charge is -2.16. The Kier molecular flexibility index (Phi) is 4.84. The molecule has 0 unspecified atom stereocenters. The van der Waals surface area contributed by atoms with Crippen LogP contribution in [0.5, 0.6) is 11.5 Å². The van der Waals surface area contributed by atoms with Gasteiger partial charge >= 0.3 is 0 Å². The van der Waals surface area contributed by atoms with E-state index in [9.17, 15) is 11.4 Å². The van der Waals surface area contributed by atoms with E-state index in [0.29, 0.717) is 0 Å². The van der Waals surface area contributed by atoms with E-state index in [0.717, 1.165) is 17.9 Å². The van der Waals surface area contributed by atoms with Crippen molar-refractivity contribution in [1.82, 2.24) is 14.9 Å². The van der Waals surface area contributed by atoms with Crippen molar-refractivity contribution in [3.63, 3.8) is 0 Å². The number of carbonyl (C=O) groups is 1. The van der Waals surface area contributed by atoms with Gasteiger partial charge in [0, 0.05) is 51.6 Å². The summed E-state index contributed by atoms with van der Waals surface area (Å²) in [6, 6.07) is -5.11. The molecule has 9 heteroatoms. The zero-order chi connectivity index (χ0) is 44.1. The number of ether oxygens (including phenoxy) is 2. The lowest BCUT2D eigenvalue weighted by molar-refractivity contribution is -0.114. The van der Waals surface area contributed by atoms with E-state index >= 15 is 0 Å². The van der Waals surface area contributed by atoms with Crippen LogP contribution in [0.2, 0.25) is 5.02 Å². The highest BCUT2D eigenvalue weighted by Crippen LogP contribution is 2.36. The summed E-state index contributed by atoms with van der Waals surface area (Å²) in [5.74, 6) is -2.57. The summed E-state index contributed by atoms with van der Waals surface area (Å²) in [7, 11) is 1.23. The molecule has 1 N–H and O–H groups in total. The average Bonchev–Trinajstić information content (AvgIpc) is 3.12. The van der Waals surface area contributed by atoms with Crippen LogP contribution in [0.1, 0.15) is 52.7 Å². The zero-order valence-corrected chi connectivity index (χ0v) is 22.6. The normalized spacial score (nSPS) is 18.3. The van der Waals surface area contributed by atoms with Gasteiger partial charge in [0.1, 0.15) is 24.1 Å². The van der Waals surface area contributed by atoms with Gasteiger partial charge < -0.3 is 19.7 Å². The lowest BCUT2D eigenvalue weighted by Crippen LogP contribution is -2.11. The summed E-state index contributed by atoms with van der Waals surface area (Å²) in [5.41, 5.74) is -3.74. The van der Waals surface area contributed by atoms with E-state index in [4.69, 9.17) is 43.0 Å². The first-order valence-corrected chi connectivity index (χ1v) is 12.1. The summed E-state index contributed by atoms with van der Waals surface area (Å²) in [4.78, 5) is 22.0. The monoisotopic (exact) mass is 586 g/mol. The molecule has 2 heterocycles. The number of aryl methyl sites for hydroxylation is 1. The third-order valence-electron chi connectivity index (χ3n) is 5.02. The molecule has 4 aromatic rings. The fourth-order valence-electron chi connectivity index (χ4n) is 3.28. The van der Waals surface area contributed by atoms with E-state index in [-0.39, 0.29) is 12.2 Å². The van der Waals surface area contributed by atoms with Crippen LogP contribution < -0.4 is 14.8 Å². The predicted octanol–water partition coefficient (Wildman–Crippen LogP) is 6.41. The van der Waals surface area contributed by atoms with Gasteiger partial charge in [0.2, 0.25) is 0 Å².